The molecule has 1 rings (SSSR count). The molecular formula is C11H12BrFO3. The van der Waals surface area contributed by atoms with E-state index in [4.69, 9.17) is 5.11 Å². The predicted octanol–water partition coefficient (Wildman–Crippen LogP) is 2.73. The van der Waals surface area contributed by atoms with Crippen molar-refractivity contribution < 1.29 is 19.4 Å². The highest BCUT2D eigenvalue weighted by atomic mass is 79.9. The topological polar surface area (TPSA) is 57.5 Å². The van der Waals surface area contributed by atoms with Gasteiger partial charge in [-0.15, -0.1) is 0 Å². The molecule has 5 heteroatoms. The number of hydrogen-bond donors (Lipinski definition) is 2. The minimum Gasteiger partial charge on any atom is -0.481 e. The largest absolute Gasteiger partial charge is 0.481 e. The molecule has 0 saturated heterocycles. The third kappa shape index (κ3) is 2.80. The molecular weight excluding hydrogens is 279 g/mol. The summed E-state index contributed by atoms with van der Waals surface area (Å²) in [6, 6.07) is 4.15. The normalized spacial score (nSPS) is 14.5. The summed E-state index contributed by atoms with van der Waals surface area (Å²) in [7, 11) is 0. The van der Waals surface area contributed by atoms with Gasteiger partial charge in [-0.25, -0.2) is 4.39 Å². The molecule has 16 heavy (non-hydrogen) atoms. The average Bonchev–Trinajstić information content (AvgIpc) is 2.17. The highest BCUT2D eigenvalue weighted by molar-refractivity contribution is 9.10. The maximum absolute atomic E-state index is 13.5. The van der Waals surface area contributed by atoms with Crippen LogP contribution in [0.3, 0.4) is 0 Å². The fourth-order valence-electron chi connectivity index (χ4n) is 1.49. The highest BCUT2D eigenvalue weighted by Gasteiger charge is 2.27. The molecule has 2 unspecified atom stereocenters. The third-order valence-corrected chi connectivity index (χ3v) is 2.91. The van der Waals surface area contributed by atoms with Gasteiger partial charge in [0.15, 0.2) is 0 Å². The molecule has 2 N–H and O–H groups in total. The van der Waals surface area contributed by atoms with Crippen LogP contribution in [0.15, 0.2) is 22.7 Å². The van der Waals surface area contributed by atoms with Crippen molar-refractivity contribution in [1.29, 1.82) is 0 Å². The number of aliphatic carboxylic acids is 1. The molecule has 0 fully saturated rings. The second kappa shape index (κ2) is 5.41. The number of rotatable bonds is 4. The van der Waals surface area contributed by atoms with Gasteiger partial charge in [-0.1, -0.05) is 28.9 Å². The van der Waals surface area contributed by atoms with Gasteiger partial charge in [0.2, 0.25) is 0 Å². The first-order valence-corrected chi connectivity index (χ1v) is 5.62. The fourth-order valence-corrected chi connectivity index (χ4v) is 1.82. The van der Waals surface area contributed by atoms with Crippen LogP contribution < -0.4 is 0 Å². The van der Waals surface area contributed by atoms with Gasteiger partial charge in [-0.05, 0) is 18.6 Å². The smallest absolute Gasteiger partial charge is 0.309 e. The molecule has 0 spiro atoms. The number of carboxylic acids is 1. The summed E-state index contributed by atoms with van der Waals surface area (Å²) < 4.78 is 14.0. The molecule has 0 heterocycles. The Hall–Kier alpha value is -0.940. The summed E-state index contributed by atoms with van der Waals surface area (Å²) in [5, 5.41) is 18.6. The Morgan fingerprint density at radius 2 is 2.19 bits per heavy atom. The third-order valence-electron chi connectivity index (χ3n) is 2.42. The van der Waals surface area contributed by atoms with Gasteiger partial charge in [0.05, 0.1) is 12.0 Å². The maximum Gasteiger partial charge on any atom is 0.309 e. The van der Waals surface area contributed by atoms with Crippen molar-refractivity contribution in [3.05, 3.63) is 34.1 Å². The molecule has 1 aromatic rings. The summed E-state index contributed by atoms with van der Waals surface area (Å²) in [5.74, 6) is -2.73. The van der Waals surface area contributed by atoms with Crippen molar-refractivity contribution >= 4 is 21.9 Å². The molecule has 0 aliphatic carbocycles. The van der Waals surface area contributed by atoms with E-state index in [1.54, 1.807) is 13.0 Å². The Bertz CT molecular complexity index is 395. The first-order chi connectivity index (χ1) is 7.47. The Morgan fingerprint density at radius 1 is 1.56 bits per heavy atom. The van der Waals surface area contributed by atoms with E-state index in [0.29, 0.717) is 4.47 Å². The Kier molecular flexibility index (Phi) is 4.44. The molecule has 3 nitrogen and oxygen atoms in total. The number of benzene rings is 1. The van der Waals surface area contributed by atoms with Gasteiger partial charge in [-0.3, -0.25) is 4.79 Å². The van der Waals surface area contributed by atoms with Crippen LogP contribution in [0.25, 0.3) is 0 Å². The van der Waals surface area contributed by atoms with Gasteiger partial charge >= 0.3 is 5.97 Å². The van der Waals surface area contributed by atoms with E-state index in [9.17, 15) is 14.3 Å². The lowest BCUT2D eigenvalue weighted by Crippen LogP contribution is -2.22. The van der Waals surface area contributed by atoms with Crippen LogP contribution in [0.1, 0.15) is 25.0 Å². The van der Waals surface area contributed by atoms with E-state index in [-0.39, 0.29) is 12.0 Å². The number of aliphatic hydroxyl groups excluding tert-OH is 1. The summed E-state index contributed by atoms with van der Waals surface area (Å²) in [6.45, 7) is 1.64. The van der Waals surface area contributed by atoms with Crippen LogP contribution >= 0.6 is 15.9 Å². The second-order valence-electron chi connectivity index (χ2n) is 3.46. The quantitative estimate of drug-likeness (QED) is 0.896. The van der Waals surface area contributed by atoms with Gasteiger partial charge in [0.1, 0.15) is 5.82 Å². The number of halogens is 2. The molecule has 2 atom stereocenters. The maximum atomic E-state index is 13.5. The van der Waals surface area contributed by atoms with Gasteiger partial charge in [0.25, 0.3) is 0 Å². The van der Waals surface area contributed by atoms with Crippen molar-refractivity contribution in [3.63, 3.8) is 0 Å². The molecule has 0 saturated carbocycles. The summed E-state index contributed by atoms with van der Waals surface area (Å²) in [6.07, 6.45) is -1.08. The monoisotopic (exact) mass is 290 g/mol. The Morgan fingerprint density at radius 3 is 2.62 bits per heavy atom. The standard InChI is InChI=1S/C11H12BrFO3/c1-2-7(11(15)16)10(14)8-4-3-6(12)5-9(8)13/h3-5,7,10,14H,2H2,1H3,(H,15,16). The molecule has 0 aromatic heterocycles. The van der Waals surface area contributed by atoms with Crippen LogP contribution in [-0.4, -0.2) is 16.2 Å². The lowest BCUT2D eigenvalue weighted by Gasteiger charge is -2.18. The van der Waals surface area contributed by atoms with Crippen LogP contribution in [0.5, 0.6) is 0 Å². The summed E-state index contributed by atoms with van der Waals surface area (Å²) in [4.78, 5) is 10.8. The molecule has 0 radical (unpaired) electrons. The SMILES string of the molecule is CCC(C(=O)O)C(O)c1ccc(Br)cc1F. The zero-order valence-corrected chi connectivity index (χ0v) is 10.2. The number of hydrogen-bond acceptors (Lipinski definition) is 2. The van der Waals surface area contributed by atoms with Crippen molar-refractivity contribution in [2.24, 2.45) is 5.92 Å². The zero-order chi connectivity index (χ0) is 12.3. The molecule has 0 amide bonds. The number of carbonyl (C=O) groups is 1. The lowest BCUT2D eigenvalue weighted by molar-refractivity contribution is -0.146. The van der Waals surface area contributed by atoms with E-state index in [1.807, 2.05) is 0 Å². The van der Waals surface area contributed by atoms with Crippen LogP contribution in [0.2, 0.25) is 0 Å². The van der Waals surface area contributed by atoms with Crippen molar-refractivity contribution in [1.82, 2.24) is 0 Å². The minimum absolute atomic E-state index is 0.0115. The molecule has 0 bridgehead atoms. The van der Waals surface area contributed by atoms with Crippen LogP contribution in [0, 0.1) is 11.7 Å². The second-order valence-corrected chi connectivity index (χ2v) is 4.38. The lowest BCUT2D eigenvalue weighted by atomic mass is 9.93. The van der Waals surface area contributed by atoms with E-state index < -0.39 is 23.8 Å². The van der Waals surface area contributed by atoms with Gasteiger partial charge < -0.3 is 10.2 Å². The summed E-state index contributed by atoms with van der Waals surface area (Å²) >= 11 is 3.09. The van der Waals surface area contributed by atoms with Gasteiger partial charge in [-0.2, -0.15) is 0 Å². The van der Waals surface area contributed by atoms with Crippen LogP contribution in [0.4, 0.5) is 4.39 Å². The van der Waals surface area contributed by atoms with Crippen LogP contribution in [-0.2, 0) is 4.79 Å². The zero-order valence-electron chi connectivity index (χ0n) is 8.65. The molecule has 88 valence electrons. The van der Waals surface area contributed by atoms with Crippen molar-refractivity contribution in [2.45, 2.75) is 19.4 Å². The molecule has 1 aromatic carbocycles. The summed E-state index contributed by atoms with van der Waals surface area (Å²) in [5.41, 5.74) is 0.0115. The number of aliphatic hydroxyl groups is 1. The van der Waals surface area contributed by atoms with Crippen molar-refractivity contribution in [2.75, 3.05) is 0 Å². The predicted molar refractivity (Wildman–Crippen MR) is 60.5 cm³/mol. The number of carboxylic acid groups (broad SMARTS) is 1. The first kappa shape index (κ1) is 13.1. The van der Waals surface area contributed by atoms with E-state index in [0.717, 1.165) is 0 Å². The molecule has 0 aliphatic heterocycles. The Balaban J connectivity index is 3.03. The average molecular weight is 291 g/mol. The Labute approximate surface area is 101 Å². The van der Waals surface area contributed by atoms with E-state index in [1.165, 1.54) is 12.1 Å². The molecule has 0 aliphatic rings. The first-order valence-electron chi connectivity index (χ1n) is 4.83. The minimum atomic E-state index is -1.32. The van der Waals surface area contributed by atoms with E-state index >= 15 is 0 Å². The van der Waals surface area contributed by atoms with E-state index in [2.05, 4.69) is 15.9 Å². The highest BCUT2D eigenvalue weighted by Crippen LogP contribution is 2.28. The van der Waals surface area contributed by atoms with Gasteiger partial charge in [0, 0.05) is 10.0 Å². The van der Waals surface area contributed by atoms with Crippen molar-refractivity contribution in [3.8, 4) is 0 Å². The fraction of sp³-hybridized carbons (Fsp3) is 0.364.